The molecule has 6 heteroatoms. The number of nitrogens with zero attached hydrogens (tertiary/aromatic N) is 1. The van der Waals surface area contributed by atoms with Crippen molar-refractivity contribution in [2.24, 2.45) is 0 Å². The summed E-state index contributed by atoms with van der Waals surface area (Å²) < 4.78 is 15.5. The smallest absolute Gasteiger partial charge is 0.356 e. The molecule has 19 heavy (non-hydrogen) atoms. The predicted octanol–water partition coefficient (Wildman–Crippen LogP) is 2.79. The van der Waals surface area contributed by atoms with E-state index in [1.54, 1.807) is 19.1 Å². The molecule has 0 unspecified atom stereocenters. The highest BCUT2D eigenvalue weighted by atomic mass is 35.5. The number of hydrogen-bond acceptors (Lipinski definition) is 5. The van der Waals surface area contributed by atoms with Gasteiger partial charge in [-0.1, -0.05) is 11.6 Å². The van der Waals surface area contributed by atoms with E-state index in [1.165, 1.54) is 6.07 Å². The van der Waals surface area contributed by atoms with Crippen LogP contribution in [-0.4, -0.2) is 24.4 Å². The molecule has 1 aromatic carbocycles. The highest BCUT2D eigenvalue weighted by Crippen LogP contribution is 2.37. The fraction of sp³-hybridized carbons (Fsp3) is 0.231. The summed E-state index contributed by atoms with van der Waals surface area (Å²) in [5.41, 5.74) is 0.748. The van der Waals surface area contributed by atoms with E-state index in [0.29, 0.717) is 27.4 Å². The Bertz CT molecular complexity index is 671. The number of esters is 1. The molecule has 0 saturated carbocycles. The van der Waals surface area contributed by atoms with Gasteiger partial charge in [0.15, 0.2) is 17.2 Å². The molecule has 0 radical (unpaired) electrons. The van der Waals surface area contributed by atoms with Crippen LogP contribution in [0.1, 0.15) is 17.4 Å². The van der Waals surface area contributed by atoms with Crippen molar-refractivity contribution in [3.05, 3.63) is 28.9 Å². The maximum absolute atomic E-state index is 11.7. The van der Waals surface area contributed by atoms with Crippen molar-refractivity contribution in [2.75, 3.05) is 13.4 Å². The number of ether oxygens (including phenoxy) is 3. The van der Waals surface area contributed by atoms with E-state index in [-0.39, 0.29) is 19.1 Å². The van der Waals surface area contributed by atoms with Crippen molar-refractivity contribution in [2.45, 2.75) is 6.92 Å². The fourth-order valence-electron chi connectivity index (χ4n) is 1.88. The van der Waals surface area contributed by atoms with Crippen LogP contribution in [-0.2, 0) is 4.74 Å². The van der Waals surface area contributed by atoms with Crippen molar-refractivity contribution in [1.82, 2.24) is 4.98 Å². The molecule has 2 aromatic rings. The van der Waals surface area contributed by atoms with Gasteiger partial charge in [-0.15, -0.1) is 0 Å². The molecule has 2 heterocycles. The second kappa shape index (κ2) is 4.59. The molecule has 0 aliphatic carbocycles. The second-order valence-corrected chi connectivity index (χ2v) is 4.34. The van der Waals surface area contributed by atoms with Gasteiger partial charge in [-0.3, -0.25) is 0 Å². The number of hydrogen-bond donors (Lipinski definition) is 0. The minimum absolute atomic E-state index is 0.175. The van der Waals surface area contributed by atoms with Crippen molar-refractivity contribution in [3.63, 3.8) is 0 Å². The Labute approximate surface area is 114 Å². The molecule has 1 aliphatic heterocycles. The van der Waals surface area contributed by atoms with Gasteiger partial charge in [0.2, 0.25) is 6.79 Å². The summed E-state index contributed by atoms with van der Waals surface area (Å²) in [7, 11) is 0. The molecule has 0 amide bonds. The zero-order chi connectivity index (χ0) is 13.4. The largest absolute Gasteiger partial charge is 0.461 e. The molecule has 1 aromatic heterocycles. The van der Waals surface area contributed by atoms with Crippen LogP contribution in [0.15, 0.2) is 18.2 Å². The summed E-state index contributed by atoms with van der Waals surface area (Å²) in [6, 6.07) is 4.94. The summed E-state index contributed by atoms with van der Waals surface area (Å²) in [6.45, 7) is 2.20. The third-order valence-corrected chi connectivity index (χ3v) is 3.05. The Hall–Kier alpha value is -2.01. The van der Waals surface area contributed by atoms with Crippen LogP contribution >= 0.6 is 11.6 Å². The van der Waals surface area contributed by atoms with Gasteiger partial charge >= 0.3 is 5.97 Å². The molecular weight excluding hydrogens is 270 g/mol. The summed E-state index contributed by atoms with van der Waals surface area (Å²) in [5.74, 6) is 0.723. The third kappa shape index (κ3) is 2.06. The lowest BCUT2D eigenvalue weighted by Gasteiger charge is -2.06. The van der Waals surface area contributed by atoms with Gasteiger partial charge in [-0.2, -0.15) is 0 Å². The Balaban J connectivity index is 2.15. The maximum atomic E-state index is 11.7. The quantitative estimate of drug-likeness (QED) is 0.791. The van der Waals surface area contributed by atoms with Crippen LogP contribution in [0.25, 0.3) is 10.9 Å². The van der Waals surface area contributed by atoms with Crippen molar-refractivity contribution in [3.8, 4) is 11.5 Å². The van der Waals surface area contributed by atoms with Gasteiger partial charge < -0.3 is 14.2 Å². The molecule has 98 valence electrons. The van der Waals surface area contributed by atoms with Crippen LogP contribution in [0.5, 0.6) is 11.5 Å². The van der Waals surface area contributed by atoms with E-state index in [1.807, 2.05) is 0 Å². The number of carbonyl (C=O) groups is 1. The van der Waals surface area contributed by atoms with Crippen LogP contribution in [0.3, 0.4) is 0 Å². The Kier molecular flexibility index (Phi) is 2.91. The Morgan fingerprint density at radius 2 is 2.11 bits per heavy atom. The van der Waals surface area contributed by atoms with Gasteiger partial charge in [0, 0.05) is 11.5 Å². The molecule has 0 atom stereocenters. The average molecular weight is 280 g/mol. The fourth-order valence-corrected chi connectivity index (χ4v) is 2.14. The normalized spacial score (nSPS) is 12.7. The van der Waals surface area contributed by atoms with Crippen molar-refractivity contribution < 1.29 is 19.0 Å². The number of fused-ring (bicyclic) bond motifs is 2. The summed E-state index contributed by atoms with van der Waals surface area (Å²) >= 11 is 6.16. The molecule has 3 rings (SSSR count). The number of aromatic nitrogens is 1. The number of rotatable bonds is 2. The van der Waals surface area contributed by atoms with Gasteiger partial charge in [0.05, 0.1) is 17.1 Å². The minimum atomic E-state index is -0.496. The first-order valence-corrected chi connectivity index (χ1v) is 6.14. The predicted molar refractivity (Wildman–Crippen MR) is 68.8 cm³/mol. The summed E-state index contributed by atoms with van der Waals surface area (Å²) in [6.07, 6.45) is 0. The minimum Gasteiger partial charge on any atom is -0.461 e. The van der Waals surface area contributed by atoms with Crippen LogP contribution < -0.4 is 9.47 Å². The van der Waals surface area contributed by atoms with E-state index in [4.69, 9.17) is 25.8 Å². The van der Waals surface area contributed by atoms with E-state index >= 15 is 0 Å². The van der Waals surface area contributed by atoms with E-state index in [2.05, 4.69) is 4.98 Å². The first kappa shape index (κ1) is 12.0. The molecular formula is C13H10ClNO4. The summed E-state index contributed by atoms with van der Waals surface area (Å²) in [4.78, 5) is 15.9. The lowest BCUT2D eigenvalue weighted by molar-refractivity contribution is 0.0520. The average Bonchev–Trinajstić information content (AvgIpc) is 2.84. The maximum Gasteiger partial charge on any atom is 0.356 e. The molecule has 1 aliphatic rings. The highest BCUT2D eigenvalue weighted by Gasteiger charge is 2.18. The highest BCUT2D eigenvalue weighted by molar-refractivity contribution is 6.35. The summed E-state index contributed by atoms with van der Waals surface area (Å²) in [5, 5.41) is 1.13. The third-order valence-electron chi connectivity index (χ3n) is 2.74. The van der Waals surface area contributed by atoms with Gasteiger partial charge in [0.25, 0.3) is 0 Å². The molecule has 0 bridgehead atoms. The monoisotopic (exact) mass is 279 g/mol. The second-order valence-electron chi connectivity index (χ2n) is 3.93. The van der Waals surface area contributed by atoms with Crippen molar-refractivity contribution >= 4 is 28.5 Å². The molecule has 0 N–H and O–H groups in total. The van der Waals surface area contributed by atoms with Gasteiger partial charge in [0.1, 0.15) is 0 Å². The zero-order valence-electron chi connectivity index (χ0n) is 10.1. The van der Waals surface area contributed by atoms with Gasteiger partial charge in [-0.25, -0.2) is 9.78 Å². The van der Waals surface area contributed by atoms with Gasteiger partial charge in [-0.05, 0) is 19.1 Å². The standard InChI is InChI=1S/C13H10ClNO4/c1-2-17-13(16)10-4-8(14)7-3-11-12(19-6-18-11)5-9(7)15-10/h3-5H,2,6H2,1H3. The SMILES string of the molecule is CCOC(=O)c1cc(Cl)c2cc3c(cc2n1)OCO3. The number of benzene rings is 1. The molecule has 0 spiro atoms. The first-order chi connectivity index (χ1) is 9.19. The van der Waals surface area contributed by atoms with E-state index in [9.17, 15) is 4.79 Å². The lowest BCUT2D eigenvalue weighted by Crippen LogP contribution is -2.07. The Morgan fingerprint density at radius 1 is 1.37 bits per heavy atom. The number of carbonyl (C=O) groups excluding carboxylic acids is 1. The lowest BCUT2D eigenvalue weighted by atomic mass is 10.2. The molecule has 0 fully saturated rings. The molecule has 0 saturated heterocycles. The molecule has 5 nitrogen and oxygen atoms in total. The van der Waals surface area contributed by atoms with E-state index in [0.717, 1.165) is 0 Å². The first-order valence-electron chi connectivity index (χ1n) is 5.76. The Morgan fingerprint density at radius 3 is 2.84 bits per heavy atom. The zero-order valence-corrected chi connectivity index (χ0v) is 10.9. The number of halogens is 1. The van der Waals surface area contributed by atoms with E-state index < -0.39 is 5.97 Å². The van der Waals surface area contributed by atoms with Crippen LogP contribution in [0.2, 0.25) is 5.02 Å². The topological polar surface area (TPSA) is 57.7 Å². The van der Waals surface area contributed by atoms with Crippen LogP contribution in [0.4, 0.5) is 0 Å². The number of pyridine rings is 1. The van der Waals surface area contributed by atoms with Crippen LogP contribution in [0, 0.1) is 0 Å². The van der Waals surface area contributed by atoms with Crippen molar-refractivity contribution in [1.29, 1.82) is 0 Å².